The number of nitrogens with zero attached hydrogens (tertiary/aromatic N) is 1. The van der Waals surface area contributed by atoms with Crippen LogP contribution in [0.2, 0.25) is 0 Å². The molecule has 0 radical (unpaired) electrons. The third-order valence-corrected chi connectivity index (χ3v) is 4.13. The van der Waals surface area contributed by atoms with Crippen molar-refractivity contribution in [3.05, 3.63) is 0 Å². The van der Waals surface area contributed by atoms with Crippen LogP contribution in [0.15, 0.2) is 0 Å². The molecule has 1 atom stereocenters. The smallest absolute Gasteiger partial charge is 0.0486 e. The van der Waals surface area contributed by atoms with Gasteiger partial charge in [-0.2, -0.15) is 0 Å². The molecule has 1 aliphatic carbocycles. The summed E-state index contributed by atoms with van der Waals surface area (Å²) in [4.78, 5) is 2.71. The van der Waals surface area contributed by atoms with Crippen LogP contribution in [0.3, 0.4) is 0 Å². The highest BCUT2D eigenvalue weighted by atomic mass is 15.3. The van der Waals surface area contributed by atoms with E-state index in [1.54, 1.807) is 0 Å². The Balaban J connectivity index is 1.78. The quantitative estimate of drug-likeness (QED) is 0.741. The van der Waals surface area contributed by atoms with E-state index in [1.165, 1.54) is 51.5 Å². The SMILES string of the molecule is CC(C)CC1CN(C2CCCCCC2)CN1. The van der Waals surface area contributed by atoms with Crippen LogP contribution in [0.1, 0.15) is 58.8 Å². The van der Waals surface area contributed by atoms with Crippen LogP contribution in [0, 0.1) is 5.92 Å². The molecule has 0 aromatic carbocycles. The summed E-state index contributed by atoms with van der Waals surface area (Å²) >= 11 is 0. The van der Waals surface area contributed by atoms with Gasteiger partial charge in [-0.25, -0.2) is 0 Å². The standard InChI is InChI=1S/C14H28N2/c1-12(2)9-13-10-16(11-15-13)14-7-5-3-4-6-8-14/h12-15H,3-11H2,1-2H3. The molecule has 94 valence electrons. The van der Waals surface area contributed by atoms with Gasteiger partial charge in [0.05, 0.1) is 0 Å². The van der Waals surface area contributed by atoms with Gasteiger partial charge in [0.1, 0.15) is 0 Å². The van der Waals surface area contributed by atoms with E-state index in [0.717, 1.165) is 24.7 Å². The molecule has 2 heteroatoms. The van der Waals surface area contributed by atoms with Crippen LogP contribution in [0.5, 0.6) is 0 Å². The van der Waals surface area contributed by atoms with Crippen molar-refractivity contribution in [3.63, 3.8) is 0 Å². The van der Waals surface area contributed by atoms with E-state index in [0.29, 0.717) is 0 Å². The summed E-state index contributed by atoms with van der Waals surface area (Å²) in [6, 6.07) is 1.63. The van der Waals surface area contributed by atoms with Crippen molar-refractivity contribution in [2.75, 3.05) is 13.2 Å². The lowest BCUT2D eigenvalue weighted by atomic mass is 10.0. The van der Waals surface area contributed by atoms with Crippen LogP contribution in [0.25, 0.3) is 0 Å². The van der Waals surface area contributed by atoms with E-state index in [-0.39, 0.29) is 0 Å². The Bertz CT molecular complexity index is 195. The molecule has 16 heavy (non-hydrogen) atoms. The average Bonchev–Trinajstić information content (AvgIpc) is 2.53. The van der Waals surface area contributed by atoms with Gasteiger partial charge in [-0.1, -0.05) is 39.5 Å². The van der Waals surface area contributed by atoms with Crippen LogP contribution in [-0.4, -0.2) is 30.2 Å². The highest BCUT2D eigenvalue weighted by Gasteiger charge is 2.28. The molecule has 2 aliphatic rings. The minimum atomic E-state index is 0.753. The van der Waals surface area contributed by atoms with Gasteiger partial charge in [0.25, 0.3) is 0 Å². The number of rotatable bonds is 3. The molecular weight excluding hydrogens is 196 g/mol. The maximum atomic E-state index is 3.68. The first kappa shape index (κ1) is 12.4. The third-order valence-electron chi connectivity index (χ3n) is 4.13. The Morgan fingerprint density at radius 3 is 2.44 bits per heavy atom. The zero-order chi connectivity index (χ0) is 11.4. The van der Waals surface area contributed by atoms with E-state index in [4.69, 9.17) is 0 Å². The topological polar surface area (TPSA) is 15.3 Å². The lowest BCUT2D eigenvalue weighted by Gasteiger charge is -2.25. The highest BCUT2D eigenvalue weighted by Crippen LogP contribution is 2.24. The molecule has 0 amide bonds. The van der Waals surface area contributed by atoms with Gasteiger partial charge in [0, 0.05) is 25.3 Å². The normalized spacial score (nSPS) is 29.8. The van der Waals surface area contributed by atoms with Crippen molar-refractivity contribution >= 4 is 0 Å². The molecule has 2 nitrogen and oxygen atoms in total. The fraction of sp³-hybridized carbons (Fsp3) is 1.00. The van der Waals surface area contributed by atoms with Gasteiger partial charge in [0.2, 0.25) is 0 Å². The van der Waals surface area contributed by atoms with Crippen molar-refractivity contribution in [1.29, 1.82) is 0 Å². The van der Waals surface area contributed by atoms with Crippen LogP contribution < -0.4 is 5.32 Å². The molecule has 1 unspecified atom stereocenters. The van der Waals surface area contributed by atoms with Crippen molar-refractivity contribution in [2.24, 2.45) is 5.92 Å². The maximum Gasteiger partial charge on any atom is 0.0486 e. The van der Waals surface area contributed by atoms with E-state index in [9.17, 15) is 0 Å². The first-order valence-corrected chi connectivity index (χ1v) is 7.23. The van der Waals surface area contributed by atoms with Crippen LogP contribution >= 0.6 is 0 Å². The maximum absolute atomic E-state index is 3.68. The lowest BCUT2D eigenvalue weighted by molar-refractivity contribution is 0.214. The average molecular weight is 224 g/mol. The third kappa shape index (κ3) is 3.46. The molecule has 0 aromatic rings. The molecule has 1 saturated heterocycles. The second-order valence-corrected chi connectivity index (χ2v) is 6.11. The number of hydrogen-bond donors (Lipinski definition) is 1. The molecule has 0 bridgehead atoms. The number of nitrogens with one attached hydrogen (secondary N) is 1. The van der Waals surface area contributed by atoms with Crippen molar-refractivity contribution in [2.45, 2.75) is 70.9 Å². The van der Waals surface area contributed by atoms with Gasteiger partial charge in [-0.05, 0) is 25.2 Å². The second kappa shape index (κ2) is 6.02. The molecule has 0 spiro atoms. The van der Waals surface area contributed by atoms with Gasteiger partial charge in [-0.3, -0.25) is 4.90 Å². The molecule has 0 aromatic heterocycles. The fourth-order valence-electron chi connectivity index (χ4n) is 3.29. The Morgan fingerprint density at radius 2 is 1.81 bits per heavy atom. The Kier molecular flexibility index (Phi) is 4.66. The van der Waals surface area contributed by atoms with Gasteiger partial charge < -0.3 is 5.32 Å². The minimum absolute atomic E-state index is 0.753. The van der Waals surface area contributed by atoms with Gasteiger partial charge in [-0.15, -0.1) is 0 Å². The minimum Gasteiger partial charge on any atom is -0.300 e. The Hall–Kier alpha value is -0.0800. The molecule has 1 aliphatic heterocycles. The molecule has 1 N–H and O–H groups in total. The summed E-state index contributed by atoms with van der Waals surface area (Å²) in [5.74, 6) is 0.826. The highest BCUT2D eigenvalue weighted by molar-refractivity contribution is 4.85. The van der Waals surface area contributed by atoms with Crippen molar-refractivity contribution < 1.29 is 0 Å². The molecule has 1 saturated carbocycles. The van der Waals surface area contributed by atoms with E-state index in [1.807, 2.05) is 0 Å². The van der Waals surface area contributed by atoms with Gasteiger partial charge in [0.15, 0.2) is 0 Å². The summed E-state index contributed by atoms with van der Waals surface area (Å²) in [6.45, 7) is 7.09. The Labute approximate surface area is 101 Å². The monoisotopic (exact) mass is 224 g/mol. The summed E-state index contributed by atoms with van der Waals surface area (Å²) in [6.07, 6.45) is 10.1. The van der Waals surface area contributed by atoms with Crippen LogP contribution in [-0.2, 0) is 0 Å². The predicted octanol–water partition coefficient (Wildman–Crippen LogP) is 2.99. The predicted molar refractivity (Wildman–Crippen MR) is 69.4 cm³/mol. The molecule has 2 rings (SSSR count). The summed E-state index contributed by atoms with van der Waals surface area (Å²) in [5, 5.41) is 3.68. The van der Waals surface area contributed by atoms with Crippen molar-refractivity contribution in [3.8, 4) is 0 Å². The van der Waals surface area contributed by atoms with E-state index >= 15 is 0 Å². The largest absolute Gasteiger partial charge is 0.300 e. The van der Waals surface area contributed by atoms with Crippen molar-refractivity contribution in [1.82, 2.24) is 10.2 Å². The molecular formula is C14H28N2. The Morgan fingerprint density at radius 1 is 1.12 bits per heavy atom. The molecule has 2 fully saturated rings. The zero-order valence-electron chi connectivity index (χ0n) is 11.0. The van der Waals surface area contributed by atoms with Gasteiger partial charge >= 0.3 is 0 Å². The lowest BCUT2D eigenvalue weighted by Crippen LogP contribution is -2.34. The van der Waals surface area contributed by atoms with E-state index < -0.39 is 0 Å². The fourth-order valence-corrected chi connectivity index (χ4v) is 3.29. The summed E-state index contributed by atoms with van der Waals surface area (Å²) < 4.78 is 0. The first-order valence-electron chi connectivity index (χ1n) is 7.23. The van der Waals surface area contributed by atoms with Crippen LogP contribution in [0.4, 0.5) is 0 Å². The number of hydrogen-bond acceptors (Lipinski definition) is 2. The summed E-state index contributed by atoms with van der Waals surface area (Å²) in [5.41, 5.74) is 0. The summed E-state index contributed by atoms with van der Waals surface area (Å²) in [7, 11) is 0. The van der Waals surface area contributed by atoms with E-state index in [2.05, 4.69) is 24.1 Å². The second-order valence-electron chi connectivity index (χ2n) is 6.11. The molecule has 1 heterocycles. The zero-order valence-corrected chi connectivity index (χ0v) is 11.0. The first-order chi connectivity index (χ1) is 7.75.